The minimum absolute atomic E-state index is 0.149. The fourth-order valence-corrected chi connectivity index (χ4v) is 3.28. The van der Waals surface area contributed by atoms with Crippen LogP contribution < -0.4 is 4.65 Å². The Balaban J connectivity index is 2.87. The lowest BCUT2D eigenvalue weighted by Gasteiger charge is -2.40. The normalized spacial score (nSPS) is 21.9. The number of hydroxylamine groups is 2. The van der Waals surface area contributed by atoms with Crippen LogP contribution in [0.3, 0.4) is 0 Å². The number of allylic oxidation sites excluding steroid dienone is 2. The SMILES string of the molecule is CC1=CC=C[N+]([O-])(c2c(C)ccc(C)c2C)C1=S(=O)=O. The van der Waals surface area contributed by atoms with E-state index in [4.69, 9.17) is 0 Å². The van der Waals surface area contributed by atoms with Gasteiger partial charge in [0, 0.05) is 16.7 Å². The molecule has 20 heavy (non-hydrogen) atoms. The van der Waals surface area contributed by atoms with E-state index in [1.165, 1.54) is 6.20 Å². The van der Waals surface area contributed by atoms with Crippen LogP contribution in [0.4, 0.5) is 5.69 Å². The van der Waals surface area contributed by atoms with Gasteiger partial charge in [0.25, 0.3) is 15.3 Å². The van der Waals surface area contributed by atoms with Crippen molar-refractivity contribution in [2.45, 2.75) is 27.7 Å². The van der Waals surface area contributed by atoms with Crippen LogP contribution in [-0.4, -0.2) is 13.4 Å². The Morgan fingerprint density at radius 3 is 2.25 bits per heavy atom. The maximum Gasteiger partial charge on any atom is 0.277 e. The van der Waals surface area contributed by atoms with Crippen molar-refractivity contribution in [1.29, 1.82) is 0 Å². The topological polar surface area (TPSA) is 57.2 Å². The first kappa shape index (κ1) is 14.7. The lowest BCUT2D eigenvalue weighted by Crippen LogP contribution is -2.47. The summed E-state index contributed by atoms with van der Waals surface area (Å²) in [4.78, 5) is -0.149. The van der Waals surface area contributed by atoms with Crippen LogP contribution in [0.2, 0.25) is 0 Å². The smallest absolute Gasteiger partial charge is 0.277 e. The fourth-order valence-electron chi connectivity index (χ4n) is 2.58. The van der Waals surface area contributed by atoms with Crippen molar-refractivity contribution < 1.29 is 8.42 Å². The second kappa shape index (κ2) is 5.01. The van der Waals surface area contributed by atoms with E-state index < -0.39 is 14.9 Å². The summed E-state index contributed by atoms with van der Waals surface area (Å²) in [5.41, 5.74) is 3.52. The van der Waals surface area contributed by atoms with Gasteiger partial charge in [-0.2, -0.15) is 8.42 Å². The number of benzene rings is 1. The van der Waals surface area contributed by atoms with Gasteiger partial charge in [-0.15, -0.1) is 0 Å². The Morgan fingerprint density at radius 2 is 1.65 bits per heavy atom. The highest BCUT2D eigenvalue weighted by molar-refractivity contribution is 7.73. The highest BCUT2D eigenvalue weighted by Crippen LogP contribution is 2.35. The van der Waals surface area contributed by atoms with Crippen molar-refractivity contribution in [3.8, 4) is 0 Å². The molecular weight excluding hydrogens is 274 g/mol. The maximum atomic E-state index is 13.3. The number of hydrogen-bond donors (Lipinski definition) is 0. The molecule has 0 fully saturated rings. The average Bonchev–Trinajstić information content (AvgIpc) is 2.33. The zero-order valence-corrected chi connectivity index (χ0v) is 12.8. The Morgan fingerprint density at radius 1 is 1.05 bits per heavy atom. The number of aryl methyl sites for hydroxylation is 2. The number of hydrogen-bond acceptors (Lipinski definition) is 3. The zero-order valence-electron chi connectivity index (χ0n) is 12.0. The molecular formula is C15H17NO3S. The first-order chi connectivity index (χ1) is 9.29. The minimum atomic E-state index is -2.57. The van der Waals surface area contributed by atoms with Crippen molar-refractivity contribution in [3.63, 3.8) is 0 Å². The molecule has 0 bridgehead atoms. The summed E-state index contributed by atoms with van der Waals surface area (Å²) in [6.07, 6.45) is 4.62. The van der Waals surface area contributed by atoms with Gasteiger partial charge in [0.1, 0.15) is 11.9 Å². The van der Waals surface area contributed by atoms with Crippen LogP contribution >= 0.6 is 0 Å². The number of rotatable bonds is 1. The predicted octanol–water partition coefficient (Wildman–Crippen LogP) is 2.90. The highest BCUT2D eigenvalue weighted by atomic mass is 32.2. The van der Waals surface area contributed by atoms with Crippen molar-refractivity contribution in [2.24, 2.45) is 0 Å². The maximum absolute atomic E-state index is 13.3. The summed E-state index contributed by atoms with van der Waals surface area (Å²) >= 11 is 0. The molecule has 0 saturated heterocycles. The van der Waals surface area contributed by atoms with Gasteiger partial charge < -0.3 is 5.21 Å². The zero-order chi connectivity index (χ0) is 15.1. The van der Waals surface area contributed by atoms with E-state index >= 15 is 0 Å². The average molecular weight is 291 g/mol. The van der Waals surface area contributed by atoms with Crippen LogP contribution in [0.25, 0.3) is 0 Å². The first-order valence-electron chi connectivity index (χ1n) is 6.29. The standard InChI is InChI=1S/C15H17NO3S/c1-10-7-8-11(2)14(13(10)4)16(17)9-5-6-12(3)15(16)20(18)19/h5-9H,1-4H3. The predicted molar refractivity (Wildman–Crippen MR) is 82.6 cm³/mol. The molecule has 5 heteroatoms. The third-order valence-corrected chi connectivity index (χ3v) is 4.58. The van der Waals surface area contributed by atoms with E-state index in [1.54, 1.807) is 19.1 Å². The summed E-state index contributed by atoms with van der Waals surface area (Å²) in [6.45, 7) is 7.23. The van der Waals surface area contributed by atoms with Crippen LogP contribution in [0, 0.1) is 26.0 Å². The van der Waals surface area contributed by atoms with E-state index in [1.807, 2.05) is 32.9 Å². The summed E-state index contributed by atoms with van der Waals surface area (Å²) in [6, 6.07) is 3.78. The van der Waals surface area contributed by atoms with E-state index in [2.05, 4.69) is 0 Å². The molecule has 4 nitrogen and oxygen atoms in total. The molecule has 0 N–H and O–H groups in total. The Kier molecular flexibility index (Phi) is 3.69. The van der Waals surface area contributed by atoms with Crippen LogP contribution in [0.1, 0.15) is 23.6 Å². The minimum Gasteiger partial charge on any atom is -0.616 e. The van der Waals surface area contributed by atoms with Crippen molar-refractivity contribution in [2.75, 3.05) is 0 Å². The van der Waals surface area contributed by atoms with E-state index in [-0.39, 0.29) is 4.99 Å². The lowest BCUT2D eigenvalue weighted by atomic mass is 10.0. The number of quaternary nitrogens is 1. The van der Waals surface area contributed by atoms with Gasteiger partial charge in [-0.25, -0.2) is 0 Å². The molecule has 0 aliphatic carbocycles. The molecule has 1 unspecified atom stereocenters. The Labute approximate surface area is 120 Å². The van der Waals surface area contributed by atoms with Gasteiger partial charge in [0.2, 0.25) is 0 Å². The van der Waals surface area contributed by atoms with Crippen LogP contribution in [-0.2, 0) is 10.3 Å². The first-order valence-corrected chi connectivity index (χ1v) is 7.37. The molecule has 1 aromatic carbocycles. The van der Waals surface area contributed by atoms with Gasteiger partial charge in [-0.1, -0.05) is 12.1 Å². The molecule has 0 saturated carbocycles. The van der Waals surface area contributed by atoms with Crippen molar-refractivity contribution >= 4 is 21.0 Å². The third-order valence-electron chi connectivity index (χ3n) is 3.67. The number of nitrogens with zero attached hydrogens (tertiary/aromatic N) is 1. The summed E-state index contributed by atoms with van der Waals surface area (Å²) < 4.78 is 22.0. The summed E-state index contributed by atoms with van der Waals surface area (Å²) in [7, 11) is -2.57. The Hall–Kier alpha value is -1.69. The molecule has 0 radical (unpaired) electrons. The summed E-state index contributed by atoms with van der Waals surface area (Å²) in [5.74, 6) is 0. The largest absolute Gasteiger partial charge is 0.616 e. The van der Waals surface area contributed by atoms with Gasteiger partial charge >= 0.3 is 0 Å². The van der Waals surface area contributed by atoms with Gasteiger partial charge in [0.15, 0.2) is 0 Å². The third kappa shape index (κ3) is 2.14. The van der Waals surface area contributed by atoms with E-state index in [0.717, 1.165) is 16.7 Å². The summed E-state index contributed by atoms with van der Waals surface area (Å²) in [5, 5.41) is 13.3. The molecule has 1 heterocycles. The molecule has 1 aliphatic heterocycles. The van der Waals surface area contributed by atoms with Gasteiger partial charge in [-0.05, 0) is 45.4 Å². The van der Waals surface area contributed by atoms with E-state index in [9.17, 15) is 13.6 Å². The molecule has 1 aliphatic rings. The highest BCUT2D eigenvalue weighted by Gasteiger charge is 2.34. The van der Waals surface area contributed by atoms with Crippen molar-refractivity contribution in [3.05, 3.63) is 58.0 Å². The van der Waals surface area contributed by atoms with Crippen LogP contribution in [0.15, 0.2) is 36.1 Å². The van der Waals surface area contributed by atoms with E-state index in [0.29, 0.717) is 11.3 Å². The second-order valence-electron chi connectivity index (χ2n) is 5.06. The quantitative estimate of drug-likeness (QED) is 0.454. The molecule has 0 spiro atoms. The molecule has 1 aromatic rings. The second-order valence-corrected chi connectivity index (χ2v) is 5.92. The van der Waals surface area contributed by atoms with Gasteiger partial charge in [-0.3, -0.25) is 4.65 Å². The van der Waals surface area contributed by atoms with Crippen molar-refractivity contribution in [1.82, 2.24) is 4.65 Å². The monoisotopic (exact) mass is 291 g/mol. The fraction of sp³-hybridized carbons (Fsp3) is 0.267. The van der Waals surface area contributed by atoms with Gasteiger partial charge in [0.05, 0.1) is 0 Å². The molecule has 0 aromatic heterocycles. The van der Waals surface area contributed by atoms with Crippen LogP contribution in [0.5, 0.6) is 0 Å². The lowest BCUT2D eigenvalue weighted by molar-refractivity contribution is 0.622. The molecule has 106 valence electrons. The molecule has 2 rings (SSSR count). The molecule has 0 amide bonds. The molecule has 1 atom stereocenters. The Bertz CT molecular complexity index is 765.